The van der Waals surface area contributed by atoms with E-state index in [9.17, 15) is 4.79 Å². The minimum atomic E-state index is -0.148. The molecule has 0 saturated carbocycles. The van der Waals surface area contributed by atoms with Gasteiger partial charge in [-0.05, 0) is 45.8 Å². The molecule has 0 N–H and O–H groups in total. The molecule has 0 aliphatic carbocycles. The van der Waals surface area contributed by atoms with Crippen LogP contribution in [0.3, 0.4) is 0 Å². The van der Waals surface area contributed by atoms with Crippen LogP contribution < -0.4 is 0 Å². The zero-order valence-electron chi connectivity index (χ0n) is 13.0. The van der Waals surface area contributed by atoms with Crippen molar-refractivity contribution in [3.05, 3.63) is 0 Å². The number of nitrogens with zero attached hydrogens (tertiary/aromatic N) is 3. The maximum absolute atomic E-state index is 11.7. The molecule has 2 aliphatic rings. The van der Waals surface area contributed by atoms with Crippen LogP contribution in [0.4, 0.5) is 4.79 Å². The van der Waals surface area contributed by atoms with Gasteiger partial charge in [0.15, 0.2) is 0 Å². The molecule has 0 aromatic heterocycles. The van der Waals surface area contributed by atoms with E-state index in [0.29, 0.717) is 12.6 Å². The highest BCUT2D eigenvalue weighted by atomic mass is 16.6. The lowest BCUT2D eigenvalue weighted by Gasteiger charge is -2.42. The lowest BCUT2D eigenvalue weighted by Crippen LogP contribution is -2.54. The molecule has 5 nitrogen and oxygen atoms in total. The Morgan fingerprint density at radius 3 is 2.25 bits per heavy atom. The van der Waals surface area contributed by atoms with E-state index in [1.165, 1.54) is 38.9 Å². The van der Waals surface area contributed by atoms with Gasteiger partial charge in [0.2, 0.25) is 0 Å². The molecular formula is C15H29N3O2. The highest BCUT2D eigenvalue weighted by Crippen LogP contribution is 2.18. The Bertz CT molecular complexity index is 295. The van der Waals surface area contributed by atoms with E-state index in [2.05, 4.69) is 16.7 Å². The molecule has 5 heteroatoms. The predicted molar refractivity (Wildman–Crippen MR) is 79.9 cm³/mol. The van der Waals surface area contributed by atoms with Crippen LogP contribution in [-0.2, 0) is 4.74 Å². The van der Waals surface area contributed by atoms with Gasteiger partial charge in [0.25, 0.3) is 0 Å². The van der Waals surface area contributed by atoms with Crippen molar-refractivity contribution in [3.63, 3.8) is 0 Å². The van der Waals surface area contributed by atoms with Crippen molar-refractivity contribution in [1.29, 1.82) is 0 Å². The lowest BCUT2D eigenvalue weighted by atomic mass is 10.0. The van der Waals surface area contributed by atoms with Crippen molar-refractivity contribution < 1.29 is 9.53 Å². The van der Waals surface area contributed by atoms with E-state index in [4.69, 9.17) is 4.74 Å². The Morgan fingerprint density at radius 2 is 1.70 bits per heavy atom. The summed E-state index contributed by atoms with van der Waals surface area (Å²) in [7, 11) is 0. The van der Waals surface area contributed by atoms with Gasteiger partial charge in [-0.3, -0.25) is 4.90 Å². The van der Waals surface area contributed by atoms with Crippen LogP contribution in [-0.4, -0.2) is 79.3 Å². The minimum Gasteiger partial charge on any atom is -0.450 e. The molecule has 116 valence electrons. The van der Waals surface area contributed by atoms with Crippen LogP contribution in [0.25, 0.3) is 0 Å². The molecule has 0 atom stereocenters. The number of piperidine rings is 1. The highest BCUT2D eigenvalue weighted by molar-refractivity contribution is 5.67. The Balaban J connectivity index is 1.70. The first-order valence-corrected chi connectivity index (χ1v) is 8.12. The molecule has 0 unspecified atom stereocenters. The monoisotopic (exact) mass is 283 g/mol. The van der Waals surface area contributed by atoms with E-state index < -0.39 is 0 Å². The summed E-state index contributed by atoms with van der Waals surface area (Å²) >= 11 is 0. The second kappa shape index (κ2) is 7.84. The summed E-state index contributed by atoms with van der Waals surface area (Å²) < 4.78 is 5.06. The minimum absolute atomic E-state index is 0.148. The molecule has 2 fully saturated rings. The van der Waals surface area contributed by atoms with Gasteiger partial charge in [0, 0.05) is 32.2 Å². The summed E-state index contributed by atoms with van der Waals surface area (Å²) in [6.07, 6.45) is 3.66. The number of carbonyl (C=O) groups is 1. The third kappa shape index (κ3) is 4.09. The maximum atomic E-state index is 11.7. The average molecular weight is 283 g/mol. The fourth-order valence-corrected chi connectivity index (χ4v) is 3.31. The molecule has 20 heavy (non-hydrogen) atoms. The fourth-order valence-electron chi connectivity index (χ4n) is 3.31. The van der Waals surface area contributed by atoms with Gasteiger partial charge in [-0.2, -0.15) is 0 Å². The third-order valence-electron chi connectivity index (χ3n) is 4.45. The van der Waals surface area contributed by atoms with Gasteiger partial charge in [-0.25, -0.2) is 4.79 Å². The van der Waals surface area contributed by atoms with Crippen molar-refractivity contribution in [2.45, 2.75) is 39.2 Å². The van der Waals surface area contributed by atoms with Crippen molar-refractivity contribution in [1.82, 2.24) is 14.7 Å². The second-order valence-corrected chi connectivity index (χ2v) is 5.79. The molecule has 2 aliphatic heterocycles. The molecule has 0 aromatic carbocycles. The molecule has 2 rings (SSSR count). The Morgan fingerprint density at radius 1 is 1.05 bits per heavy atom. The topological polar surface area (TPSA) is 36.0 Å². The van der Waals surface area contributed by atoms with Gasteiger partial charge < -0.3 is 14.5 Å². The second-order valence-electron chi connectivity index (χ2n) is 5.79. The highest BCUT2D eigenvalue weighted by Gasteiger charge is 2.28. The normalized spacial score (nSPS) is 23.0. The Hall–Kier alpha value is -0.810. The van der Waals surface area contributed by atoms with Crippen molar-refractivity contribution in [2.75, 3.05) is 52.4 Å². The summed E-state index contributed by atoms with van der Waals surface area (Å²) in [6, 6.07) is 0.715. The number of ether oxygens (including phenoxy) is 1. The smallest absolute Gasteiger partial charge is 0.409 e. The summed E-state index contributed by atoms with van der Waals surface area (Å²) in [5.74, 6) is 0. The third-order valence-corrected chi connectivity index (χ3v) is 4.45. The number of hydrogen-bond acceptors (Lipinski definition) is 4. The Kier molecular flexibility index (Phi) is 6.10. The first kappa shape index (κ1) is 15.6. The van der Waals surface area contributed by atoms with E-state index in [1.807, 2.05) is 11.8 Å². The van der Waals surface area contributed by atoms with Gasteiger partial charge in [0.1, 0.15) is 0 Å². The summed E-state index contributed by atoms with van der Waals surface area (Å²) in [6.45, 7) is 11.9. The molecule has 0 radical (unpaired) electrons. The van der Waals surface area contributed by atoms with Crippen molar-refractivity contribution in [2.24, 2.45) is 0 Å². The van der Waals surface area contributed by atoms with Crippen LogP contribution in [0.1, 0.15) is 33.1 Å². The number of rotatable bonds is 4. The zero-order valence-corrected chi connectivity index (χ0v) is 13.0. The van der Waals surface area contributed by atoms with Crippen LogP contribution in [0.5, 0.6) is 0 Å². The van der Waals surface area contributed by atoms with Gasteiger partial charge in [-0.1, -0.05) is 6.92 Å². The average Bonchev–Trinajstić information content (AvgIpc) is 2.49. The molecule has 1 amide bonds. The Labute approximate surface area is 122 Å². The number of hydrogen-bond donors (Lipinski definition) is 0. The molecule has 0 aromatic rings. The summed E-state index contributed by atoms with van der Waals surface area (Å²) in [5.41, 5.74) is 0. The molecule has 0 bridgehead atoms. The van der Waals surface area contributed by atoms with E-state index >= 15 is 0 Å². The fraction of sp³-hybridized carbons (Fsp3) is 0.933. The standard InChI is InChI=1S/C15H29N3O2/c1-3-7-16-8-5-14(6-9-16)17-10-12-18(13-11-17)15(19)20-4-2/h14H,3-13H2,1-2H3. The summed E-state index contributed by atoms with van der Waals surface area (Å²) in [5, 5.41) is 0. The van der Waals surface area contributed by atoms with E-state index in [0.717, 1.165) is 26.2 Å². The zero-order chi connectivity index (χ0) is 14.4. The summed E-state index contributed by atoms with van der Waals surface area (Å²) in [4.78, 5) is 18.7. The molecular weight excluding hydrogens is 254 g/mol. The predicted octanol–water partition coefficient (Wildman–Crippen LogP) is 1.63. The lowest BCUT2D eigenvalue weighted by molar-refractivity contribution is 0.0475. The van der Waals surface area contributed by atoms with Gasteiger partial charge in [0.05, 0.1) is 6.61 Å². The van der Waals surface area contributed by atoms with Crippen LogP contribution in [0, 0.1) is 0 Å². The molecule has 0 spiro atoms. The van der Waals surface area contributed by atoms with Crippen LogP contribution in [0.15, 0.2) is 0 Å². The maximum Gasteiger partial charge on any atom is 0.409 e. The number of likely N-dealkylation sites (tertiary alicyclic amines) is 1. The van der Waals surface area contributed by atoms with E-state index in [1.54, 1.807) is 0 Å². The molecule has 2 saturated heterocycles. The van der Waals surface area contributed by atoms with Gasteiger partial charge >= 0.3 is 6.09 Å². The number of carbonyl (C=O) groups excluding carboxylic acids is 1. The van der Waals surface area contributed by atoms with Crippen molar-refractivity contribution in [3.8, 4) is 0 Å². The van der Waals surface area contributed by atoms with Crippen LogP contribution in [0.2, 0.25) is 0 Å². The first-order chi connectivity index (χ1) is 9.74. The van der Waals surface area contributed by atoms with Crippen LogP contribution >= 0.6 is 0 Å². The number of piperazine rings is 1. The van der Waals surface area contributed by atoms with E-state index in [-0.39, 0.29) is 6.09 Å². The largest absolute Gasteiger partial charge is 0.450 e. The SMILES string of the molecule is CCCN1CCC(N2CCN(C(=O)OCC)CC2)CC1. The van der Waals surface area contributed by atoms with Gasteiger partial charge in [-0.15, -0.1) is 0 Å². The quantitative estimate of drug-likeness (QED) is 0.786. The number of amides is 1. The van der Waals surface area contributed by atoms with Crippen molar-refractivity contribution >= 4 is 6.09 Å². The molecule has 2 heterocycles. The first-order valence-electron chi connectivity index (χ1n) is 8.12.